The van der Waals surface area contributed by atoms with E-state index in [-0.39, 0.29) is 5.91 Å². The number of rotatable bonds is 4. The van der Waals surface area contributed by atoms with E-state index in [0.29, 0.717) is 5.56 Å². The molecular weight excluding hydrogens is 334 g/mol. The molecule has 4 rings (SSSR count). The van der Waals surface area contributed by atoms with Crippen LogP contribution in [0.4, 0.5) is 11.5 Å². The number of para-hydroxylation sites is 2. The normalized spacial score (nSPS) is 14.3. The van der Waals surface area contributed by atoms with Gasteiger partial charge in [-0.1, -0.05) is 43.3 Å². The molecule has 0 saturated carbocycles. The SMILES string of the molecule is CCc1ccccc1NC(=O)c1cc(N2CCCCC2)nc2ccccc12. The van der Waals surface area contributed by atoms with E-state index < -0.39 is 0 Å². The Labute approximate surface area is 160 Å². The second-order valence-corrected chi connectivity index (χ2v) is 7.06. The van der Waals surface area contributed by atoms with E-state index in [4.69, 9.17) is 4.98 Å². The maximum absolute atomic E-state index is 13.2. The minimum Gasteiger partial charge on any atom is -0.357 e. The summed E-state index contributed by atoms with van der Waals surface area (Å²) < 4.78 is 0. The Kier molecular flexibility index (Phi) is 5.05. The first kappa shape index (κ1) is 17.5. The van der Waals surface area contributed by atoms with E-state index >= 15 is 0 Å². The predicted octanol–water partition coefficient (Wildman–Crippen LogP) is 5.04. The van der Waals surface area contributed by atoms with Crippen LogP contribution in [0.5, 0.6) is 0 Å². The van der Waals surface area contributed by atoms with Gasteiger partial charge in [-0.2, -0.15) is 0 Å². The molecule has 2 heterocycles. The predicted molar refractivity (Wildman–Crippen MR) is 112 cm³/mol. The molecule has 1 aliphatic heterocycles. The molecule has 3 aromatic rings. The first-order valence-electron chi connectivity index (χ1n) is 9.80. The van der Waals surface area contributed by atoms with Crippen LogP contribution in [0.3, 0.4) is 0 Å². The molecule has 1 amide bonds. The van der Waals surface area contributed by atoms with Crippen LogP contribution in [0.25, 0.3) is 10.9 Å². The van der Waals surface area contributed by atoms with Gasteiger partial charge in [-0.15, -0.1) is 0 Å². The fourth-order valence-electron chi connectivity index (χ4n) is 3.77. The molecule has 1 N–H and O–H groups in total. The lowest BCUT2D eigenvalue weighted by Gasteiger charge is -2.28. The average molecular weight is 359 g/mol. The summed E-state index contributed by atoms with van der Waals surface area (Å²) in [5, 5.41) is 4.01. The van der Waals surface area contributed by atoms with Crippen molar-refractivity contribution >= 4 is 28.3 Å². The molecule has 1 fully saturated rings. The third-order valence-corrected chi connectivity index (χ3v) is 5.27. The number of aryl methyl sites for hydroxylation is 1. The van der Waals surface area contributed by atoms with Gasteiger partial charge in [0.05, 0.1) is 11.1 Å². The van der Waals surface area contributed by atoms with Gasteiger partial charge in [0.1, 0.15) is 5.82 Å². The number of pyridine rings is 1. The molecule has 1 aliphatic rings. The number of piperidine rings is 1. The number of benzene rings is 2. The largest absolute Gasteiger partial charge is 0.357 e. The van der Waals surface area contributed by atoms with Crippen LogP contribution in [0.1, 0.15) is 42.1 Å². The molecule has 1 saturated heterocycles. The van der Waals surface area contributed by atoms with Crippen molar-refractivity contribution in [1.29, 1.82) is 0 Å². The lowest BCUT2D eigenvalue weighted by atomic mass is 10.1. The Morgan fingerprint density at radius 1 is 1.04 bits per heavy atom. The van der Waals surface area contributed by atoms with E-state index in [2.05, 4.69) is 23.2 Å². The number of hydrogen-bond donors (Lipinski definition) is 1. The summed E-state index contributed by atoms with van der Waals surface area (Å²) in [6.45, 7) is 4.11. The second-order valence-electron chi connectivity index (χ2n) is 7.06. The molecule has 0 unspecified atom stereocenters. The molecule has 4 heteroatoms. The van der Waals surface area contributed by atoms with E-state index in [1.165, 1.54) is 19.3 Å². The highest BCUT2D eigenvalue weighted by atomic mass is 16.1. The Balaban J connectivity index is 1.73. The van der Waals surface area contributed by atoms with Crippen molar-refractivity contribution in [2.45, 2.75) is 32.6 Å². The van der Waals surface area contributed by atoms with E-state index in [9.17, 15) is 4.79 Å². The van der Waals surface area contributed by atoms with Crippen LogP contribution in [-0.4, -0.2) is 24.0 Å². The van der Waals surface area contributed by atoms with Gasteiger partial charge in [-0.3, -0.25) is 4.79 Å². The number of nitrogens with zero attached hydrogens (tertiary/aromatic N) is 2. The Morgan fingerprint density at radius 2 is 1.78 bits per heavy atom. The van der Waals surface area contributed by atoms with E-state index in [0.717, 1.165) is 47.5 Å². The standard InChI is InChI=1S/C23H25N3O/c1-2-17-10-4-6-12-20(17)25-23(27)19-16-22(26-14-8-3-9-15-26)24-21-13-7-5-11-18(19)21/h4-7,10-13,16H,2-3,8-9,14-15H2,1H3,(H,25,27). The first-order valence-corrected chi connectivity index (χ1v) is 9.80. The van der Waals surface area contributed by atoms with Crippen LogP contribution in [0.2, 0.25) is 0 Å². The number of carbonyl (C=O) groups excluding carboxylic acids is 1. The summed E-state index contributed by atoms with van der Waals surface area (Å²) in [7, 11) is 0. The van der Waals surface area contributed by atoms with Crippen molar-refractivity contribution in [3.63, 3.8) is 0 Å². The molecule has 138 valence electrons. The lowest BCUT2D eigenvalue weighted by molar-refractivity contribution is 0.102. The highest BCUT2D eigenvalue weighted by molar-refractivity contribution is 6.13. The van der Waals surface area contributed by atoms with Gasteiger partial charge >= 0.3 is 0 Å². The van der Waals surface area contributed by atoms with Gasteiger partial charge in [0.2, 0.25) is 0 Å². The van der Waals surface area contributed by atoms with Gasteiger partial charge in [-0.05, 0) is 49.4 Å². The van der Waals surface area contributed by atoms with Gasteiger partial charge < -0.3 is 10.2 Å². The van der Waals surface area contributed by atoms with Crippen LogP contribution < -0.4 is 10.2 Å². The van der Waals surface area contributed by atoms with Crippen molar-refractivity contribution in [3.8, 4) is 0 Å². The van der Waals surface area contributed by atoms with E-state index in [1.807, 2.05) is 48.5 Å². The van der Waals surface area contributed by atoms with Crippen molar-refractivity contribution in [2.24, 2.45) is 0 Å². The molecule has 0 atom stereocenters. The summed E-state index contributed by atoms with van der Waals surface area (Å²) in [5.41, 5.74) is 3.58. The number of anilines is 2. The zero-order valence-corrected chi connectivity index (χ0v) is 15.7. The van der Waals surface area contributed by atoms with Crippen LogP contribution >= 0.6 is 0 Å². The molecule has 0 aliphatic carbocycles. The molecule has 1 aromatic heterocycles. The van der Waals surface area contributed by atoms with Gasteiger partial charge in [0, 0.05) is 24.2 Å². The number of hydrogen-bond acceptors (Lipinski definition) is 3. The molecule has 2 aromatic carbocycles. The summed E-state index contributed by atoms with van der Waals surface area (Å²) >= 11 is 0. The van der Waals surface area contributed by atoms with Crippen LogP contribution in [-0.2, 0) is 6.42 Å². The van der Waals surface area contributed by atoms with Crippen LogP contribution in [0, 0.1) is 0 Å². The fourth-order valence-corrected chi connectivity index (χ4v) is 3.77. The maximum atomic E-state index is 13.2. The Morgan fingerprint density at radius 3 is 2.59 bits per heavy atom. The summed E-state index contributed by atoms with van der Waals surface area (Å²) in [4.78, 5) is 20.3. The summed E-state index contributed by atoms with van der Waals surface area (Å²) in [6, 6.07) is 17.8. The minimum absolute atomic E-state index is 0.0761. The summed E-state index contributed by atoms with van der Waals surface area (Å²) in [5.74, 6) is 0.829. The summed E-state index contributed by atoms with van der Waals surface area (Å²) in [6.07, 6.45) is 4.51. The monoisotopic (exact) mass is 359 g/mol. The van der Waals surface area contributed by atoms with Crippen molar-refractivity contribution in [2.75, 3.05) is 23.3 Å². The minimum atomic E-state index is -0.0761. The lowest BCUT2D eigenvalue weighted by Crippen LogP contribution is -2.30. The van der Waals surface area contributed by atoms with Crippen molar-refractivity contribution in [1.82, 2.24) is 4.98 Å². The van der Waals surface area contributed by atoms with Crippen LogP contribution in [0.15, 0.2) is 54.6 Å². The topological polar surface area (TPSA) is 45.2 Å². The first-order chi connectivity index (χ1) is 13.3. The molecule has 0 bridgehead atoms. The zero-order valence-electron chi connectivity index (χ0n) is 15.7. The average Bonchev–Trinajstić information content (AvgIpc) is 2.74. The quantitative estimate of drug-likeness (QED) is 0.710. The Hall–Kier alpha value is -2.88. The van der Waals surface area contributed by atoms with Crippen molar-refractivity contribution in [3.05, 3.63) is 65.7 Å². The third kappa shape index (κ3) is 3.65. The van der Waals surface area contributed by atoms with Gasteiger partial charge in [0.15, 0.2) is 0 Å². The zero-order chi connectivity index (χ0) is 18.6. The Bertz CT molecular complexity index is 961. The molecular formula is C23H25N3O. The highest BCUT2D eigenvalue weighted by Gasteiger charge is 2.18. The van der Waals surface area contributed by atoms with Gasteiger partial charge in [0.25, 0.3) is 5.91 Å². The highest BCUT2D eigenvalue weighted by Crippen LogP contribution is 2.26. The maximum Gasteiger partial charge on any atom is 0.256 e. The molecule has 27 heavy (non-hydrogen) atoms. The smallest absolute Gasteiger partial charge is 0.256 e. The second kappa shape index (κ2) is 7.78. The fraction of sp³-hybridized carbons (Fsp3) is 0.304. The number of fused-ring (bicyclic) bond motifs is 1. The molecule has 0 spiro atoms. The van der Waals surface area contributed by atoms with E-state index in [1.54, 1.807) is 0 Å². The molecule has 4 nitrogen and oxygen atoms in total. The number of amides is 1. The number of nitrogens with one attached hydrogen (secondary N) is 1. The number of aromatic nitrogens is 1. The molecule has 0 radical (unpaired) electrons. The number of carbonyl (C=O) groups is 1. The third-order valence-electron chi connectivity index (χ3n) is 5.27. The van der Waals surface area contributed by atoms with Crippen molar-refractivity contribution < 1.29 is 4.79 Å². The van der Waals surface area contributed by atoms with Gasteiger partial charge in [-0.25, -0.2) is 4.98 Å².